The van der Waals surface area contributed by atoms with Crippen molar-refractivity contribution < 1.29 is 0 Å². The molecule has 0 aliphatic carbocycles. The van der Waals surface area contributed by atoms with Crippen molar-refractivity contribution in [2.75, 3.05) is 5.73 Å². The Morgan fingerprint density at radius 3 is 2.88 bits per heavy atom. The summed E-state index contributed by atoms with van der Waals surface area (Å²) in [5.74, 6) is 1.23. The smallest absolute Gasteiger partial charge is 0.198 e. The van der Waals surface area contributed by atoms with Gasteiger partial charge in [-0.2, -0.15) is 4.52 Å². The second kappa shape index (κ2) is 3.59. The molecule has 5 nitrogen and oxygen atoms in total. The van der Waals surface area contributed by atoms with Crippen LogP contribution in [-0.4, -0.2) is 19.2 Å². The van der Waals surface area contributed by atoms with Crippen molar-refractivity contribution in [3.63, 3.8) is 0 Å². The lowest BCUT2D eigenvalue weighted by Gasteiger charge is -1.97. The first-order valence-corrected chi connectivity index (χ1v) is 5.88. The van der Waals surface area contributed by atoms with Crippen molar-refractivity contribution in [1.29, 1.82) is 0 Å². The third-order valence-corrected chi connectivity index (χ3v) is 3.06. The minimum atomic E-state index is 0.558. The highest BCUT2D eigenvalue weighted by Crippen LogP contribution is 2.21. The summed E-state index contributed by atoms with van der Waals surface area (Å²) in [4.78, 5) is 4.46. The molecule has 0 aliphatic rings. The number of nitrogens with two attached hydrogens (primary N) is 1. The monoisotopic (exact) mass is 291 g/mol. The molecule has 0 amide bonds. The average molecular weight is 292 g/mol. The predicted octanol–water partition coefficient (Wildman–Crippen LogP) is 2.08. The lowest BCUT2D eigenvalue weighted by Crippen LogP contribution is -1.98. The molecule has 0 radical (unpaired) electrons. The normalized spacial score (nSPS) is 11.2. The number of nitrogen functional groups attached to an aromatic ring is 1. The van der Waals surface area contributed by atoms with Crippen LogP contribution in [0.2, 0.25) is 0 Å². The number of nitrogens with zero attached hydrogens (tertiary/aromatic N) is 4. The molecule has 0 unspecified atom stereocenters. The van der Waals surface area contributed by atoms with Crippen molar-refractivity contribution in [2.45, 2.75) is 0 Å². The lowest BCUT2D eigenvalue weighted by atomic mass is 10.4. The van der Waals surface area contributed by atoms with Crippen molar-refractivity contribution in [1.82, 2.24) is 19.2 Å². The molecule has 86 valence electrons. The molecule has 0 bridgehead atoms. The van der Waals surface area contributed by atoms with Gasteiger partial charge in [0.2, 0.25) is 0 Å². The fourth-order valence-corrected chi connectivity index (χ4v) is 2.22. The molecule has 0 atom stereocenters. The lowest BCUT2D eigenvalue weighted by molar-refractivity contribution is 0.910. The summed E-state index contributed by atoms with van der Waals surface area (Å²) in [7, 11) is 1.96. The summed E-state index contributed by atoms with van der Waals surface area (Å²) in [6, 6.07) is 7.62. The van der Waals surface area contributed by atoms with Crippen LogP contribution in [0.4, 0.5) is 5.82 Å². The van der Waals surface area contributed by atoms with Gasteiger partial charge in [-0.3, -0.25) is 0 Å². The van der Waals surface area contributed by atoms with Crippen LogP contribution in [0.25, 0.3) is 17.2 Å². The summed E-state index contributed by atoms with van der Waals surface area (Å²) in [6.45, 7) is 0. The van der Waals surface area contributed by atoms with Gasteiger partial charge < -0.3 is 10.3 Å². The number of hydrogen-bond acceptors (Lipinski definition) is 3. The Hall–Kier alpha value is -1.82. The van der Waals surface area contributed by atoms with Crippen molar-refractivity contribution in [3.8, 4) is 11.5 Å². The van der Waals surface area contributed by atoms with E-state index >= 15 is 0 Å². The van der Waals surface area contributed by atoms with Gasteiger partial charge in [-0.15, -0.1) is 5.10 Å². The molecule has 17 heavy (non-hydrogen) atoms. The van der Waals surface area contributed by atoms with Crippen LogP contribution in [0.5, 0.6) is 0 Å². The van der Waals surface area contributed by atoms with Crippen LogP contribution in [0, 0.1) is 0 Å². The Morgan fingerprint density at radius 1 is 1.35 bits per heavy atom. The van der Waals surface area contributed by atoms with E-state index in [2.05, 4.69) is 26.0 Å². The van der Waals surface area contributed by atoms with Gasteiger partial charge >= 0.3 is 0 Å². The van der Waals surface area contributed by atoms with Crippen molar-refractivity contribution in [2.24, 2.45) is 7.05 Å². The molecule has 3 rings (SSSR count). The first-order chi connectivity index (χ1) is 8.15. The number of anilines is 1. The van der Waals surface area contributed by atoms with E-state index in [1.54, 1.807) is 10.6 Å². The molecule has 0 saturated carbocycles. The topological polar surface area (TPSA) is 61.1 Å². The van der Waals surface area contributed by atoms with Crippen molar-refractivity contribution >= 4 is 27.4 Å². The van der Waals surface area contributed by atoms with Crippen LogP contribution in [0.1, 0.15) is 0 Å². The van der Waals surface area contributed by atoms with Crippen LogP contribution >= 0.6 is 15.9 Å². The molecule has 6 heteroatoms. The fraction of sp³-hybridized carbons (Fsp3) is 0.0909. The number of rotatable bonds is 1. The Labute approximate surface area is 106 Å². The molecule has 0 aromatic carbocycles. The summed E-state index contributed by atoms with van der Waals surface area (Å²) in [5, 5.41) is 4.40. The van der Waals surface area contributed by atoms with Crippen LogP contribution in [0.15, 0.2) is 34.9 Å². The largest absolute Gasteiger partial charge is 0.384 e. The minimum Gasteiger partial charge on any atom is -0.384 e. The first-order valence-electron chi connectivity index (χ1n) is 5.08. The van der Waals surface area contributed by atoms with Gasteiger partial charge in [-0.05, 0) is 24.3 Å². The number of aromatic nitrogens is 4. The van der Waals surface area contributed by atoms with E-state index in [1.165, 1.54) is 0 Å². The second-order valence-electron chi connectivity index (χ2n) is 3.81. The van der Waals surface area contributed by atoms with E-state index in [0.717, 1.165) is 15.8 Å². The zero-order valence-electron chi connectivity index (χ0n) is 9.13. The van der Waals surface area contributed by atoms with Gasteiger partial charge in [0, 0.05) is 17.7 Å². The molecule has 3 aromatic rings. The molecule has 0 aliphatic heterocycles. The Balaban J connectivity index is 2.27. The van der Waals surface area contributed by atoms with Crippen LogP contribution in [-0.2, 0) is 7.05 Å². The molecule has 2 N–H and O–H groups in total. The van der Waals surface area contributed by atoms with Crippen molar-refractivity contribution in [3.05, 3.63) is 34.9 Å². The van der Waals surface area contributed by atoms with Crippen LogP contribution < -0.4 is 5.73 Å². The van der Waals surface area contributed by atoms with Crippen LogP contribution in [0.3, 0.4) is 0 Å². The second-order valence-corrected chi connectivity index (χ2v) is 4.72. The summed E-state index contributed by atoms with van der Waals surface area (Å²) in [5.41, 5.74) is 7.58. The highest BCUT2D eigenvalue weighted by atomic mass is 79.9. The number of halogens is 1. The average Bonchev–Trinajstić information content (AvgIpc) is 2.83. The van der Waals surface area contributed by atoms with Gasteiger partial charge in [0.1, 0.15) is 5.82 Å². The highest BCUT2D eigenvalue weighted by Gasteiger charge is 2.10. The summed E-state index contributed by atoms with van der Waals surface area (Å²) >= 11 is 3.39. The van der Waals surface area contributed by atoms with E-state index in [9.17, 15) is 0 Å². The van der Waals surface area contributed by atoms with E-state index in [0.29, 0.717) is 11.6 Å². The maximum absolute atomic E-state index is 5.89. The molecule has 0 saturated heterocycles. The first kappa shape index (κ1) is 10.3. The van der Waals surface area contributed by atoms with Gasteiger partial charge in [0.25, 0.3) is 0 Å². The van der Waals surface area contributed by atoms with Gasteiger partial charge in [-0.1, -0.05) is 15.9 Å². The fourth-order valence-electron chi connectivity index (χ4n) is 1.78. The zero-order valence-corrected chi connectivity index (χ0v) is 10.7. The van der Waals surface area contributed by atoms with Gasteiger partial charge in [-0.25, -0.2) is 4.98 Å². The molecule has 0 fully saturated rings. The number of aryl methyl sites for hydroxylation is 1. The summed E-state index contributed by atoms with van der Waals surface area (Å²) in [6.07, 6.45) is 1.96. The minimum absolute atomic E-state index is 0.558. The van der Waals surface area contributed by atoms with E-state index in [-0.39, 0.29) is 0 Å². The summed E-state index contributed by atoms with van der Waals surface area (Å²) < 4.78 is 4.50. The quantitative estimate of drug-likeness (QED) is 0.747. The Kier molecular flexibility index (Phi) is 2.19. The van der Waals surface area contributed by atoms with E-state index in [1.807, 2.05) is 36.0 Å². The number of pyridine rings is 1. The third kappa shape index (κ3) is 1.61. The van der Waals surface area contributed by atoms with Gasteiger partial charge in [0.15, 0.2) is 11.5 Å². The Morgan fingerprint density at radius 2 is 2.18 bits per heavy atom. The molecular weight excluding hydrogens is 282 g/mol. The van der Waals surface area contributed by atoms with E-state index in [4.69, 9.17) is 5.73 Å². The van der Waals surface area contributed by atoms with E-state index < -0.39 is 0 Å². The third-order valence-electron chi connectivity index (χ3n) is 2.60. The molecule has 3 heterocycles. The SMILES string of the molecule is Cn1cccc1-c1nc2cc(Br)cc(N)n2n1. The standard InChI is InChI=1S/C11H10BrN5/c1-16-4-2-3-8(16)11-14-10-6-7(12)5-9(13)17(10)15-11/h2-6H,13H2,1H3. The predicted molar refractivity (Wildman–Crippen MR) is 69.5 cm³/mol. The maximum Gasteiger partial charge on any atom is 0.198 e. The molecule has 3 aromatic heterocycles. The Bertz CT molecular complexity index is 697. The highest BCUT2D eigenvalue weighted by molar-refractivity contribution is 9.10. The number of hydrogen-bond donors (Lipinski definition) is 1. The van der Waals surface area contributed by atoms with Gasteiger partial charge in [0.05, 0.1) is 5.69 Å². The molecule has 0 spiro atoms. The zero-order chi connectivity index (χ0) is 12.0. The maximum atomic E-state index is 5.89. The number of fused-ring (bicyclic) bond motifs is 1. The molecular formula is C11H10BrN5.